The summed E-state index contributed by atoms with van der Waals surface area (Å²) >= 11 is 0. The fraction of sp³-hybridized carbons (Fsp3) is 0.0769. The molecule has 0 unspecified atom stereocenters. The zero-order chi connectivity index (χ0) is 12.3. The van der Waals surface area contributed by atoms with Crippen LogP contribution in [0.1, 0.15) is 15.9 Å². The number of nitrogens with one attached hydrogen (secondary N) is 1. The lowest BCUT2D eigenvalue weighted by Crippen LogP contribution is -1.94. The Morgan fingerprint density at radius 2 is 2.29 bits per heavy atom. The van der Waals surface area contributed by atoms with Crippen LogP contribution < -0.4 is 0 Å². The molecule has 84 valence electrons. The predicted molar refractivity (Wildman–Crippen MR) is 62.6 cm³/mol. The molecule has 1 heterocycles. The number of aromatic amines is 1. The van der Waals surface area contributed by atoms with Crippen LogP contribution in [0.15, 0.2) is 24.4 Å². The molecule has 0 saturated carbocycles. The standard InChI is InChI=1S/C13H9NO3/c1-17-12(16)6-5-9-3-2-4-11-13(9)10(8-15)7-14-11/h2-4,7-8,14H,1H3. The van der Waals surface area contributed by atoms with Crippen LogP contribution in [0.5, 0.6) is 0 Å². The Morgan fingerprint density at radius 1 is 1.47 bits per heavy atom. The van der Waals surface area contributed by atoms with Crippen molar-refractivity contribution in [2.24, 2.45) is 0 Å². The zero-order valence-corrected chi connectivity index (χ0v) is 9.11. The number of hydrogen-bond donors (Lipinski definition) is 1. The summed E-state index contributed by atoms with van der Waals surface area (Å²) in [5.41, 5.74) is 1.95. The lowest BCUT2D eigenvalue weighted by molar-refractivity contribution is -0.133. The van der Waals surface area contributed by atoms with Crippen LogP contribution in [0.3, 0.4) is 0 Å². The number of hydrogen-bond acceptors (Lipinski definition) is 3. The second kappa shape index (κ2) is 4.54. The highest BCUT2D eigenvalue weighted by molar-refractivity contribution is 6.01. The molecule has 0 radical (unpaired) electrons. The van der Waals surface area contributed by atoms with Gasteiger partial charge in [0, 0.05) is 34.1 Å². The summed E-state index contributed by atoms with van der Waals surface area (Å²) in [5.74, 6) is 4.43. The smallest absolute Gasteiger partial charge is 0.384 e. The molecule has 0 aliphatic rings. The number of aldehydes is 1. The van der Waals surface area contributed by atoms with Gasteiger partial charge in [-0.2, -0.15) is 0 Å². The topological polar surface area (TPSA) is 59.2 Å². The highest BCUT2D eigenvalue weighted by Crippen LogP contribution is 2.20. The van der Waals surface area contributed by atoms with E-state index in [4.69, 9.17) is 0 Å². The van der Waals surface area contributed by atoms with Crippen LogP contribution in [-0.2, 0) is 9.53 Å². The van der Waals surface area contributed by atoms with E-state index in [0.29, 0.717) is 11.1 Å². The number of fused-ring (bicyclic) bond motifs is 1. The number of methoxy groups -OCH3 is 1. The van der Waals surface area contributed by atoms with E-state index in [9.17, 15) is 9.59 Å². The Morgan fingerprint density at radius 3 is 3.00 bits per heavy atom. The molecule has 17 heavy (non-hydrogen) atoms. The minimum atomic E-state index is -0.606. The summed E-state index contributed by atoms with van der Waals surface area (Å²) in [5, 5.41) is 0.721. The van der Waals surface area contributed by atoms with Crippen LogP contribution >= 0.6 is 0 Å². The van der Waals surface area contributed by atoms with Crippen LogP contribution in [-0.4, -0.2) is 24.3 Å². The van der Waals surface area contributed by atoms with Gasteiger partial charge < -0.3 is 9.72 Å². The normalized spacial score (nSPS) is 9.47. The van der Waals surface area contributed by atoms with Crippen molar-refractivity contribution < 1.29 is 14.3 Å². The monoisotopic (exact) mass is 227 g/mol. The molecule has 0 amide bonds. The molecular formula is C13H9NO3. The zero-order valence-electron chi connectivity index (χ0n) is 9.11. The SMILES string of the molecule is COC(=O)C#Cc1cccc2[nH]cc(C=O)c12. The van der Waals surface area contributed by atoms with Crippen molar-refractivity contribution in [2.75, 3.05) is 7.11 Å². The summed E-state index contributed by atoms with van der Waals surface area (Å²) in [4.78, 5) is 24.8. The van der Waals surface area contributed by atoms with E-state index in [1.54, 1.807) is 18.3 Å². The molecule has 0 spiro atoms. The first-order valence-corrected chi connectivity index (χ1v) is 4.91. The molecule has 0 aliphatic heterocycles. The van der Waals surface area contributed by atoms with Crippen LogP contribution in [0.2, 0.25) is 0 Å². The van der Waals surface area contributed by atoms with Crippen LogP contribution in [0.4, 0.5) is 0 Å². The van der Waals surface area contributed by atoms with E-state index in [2.05, 4.69) is 21.6 Å². The number of carbonyl (C=O) groups excluding carboxylic acids is 2. The third-order valence-electron chi connectivity index (χ3n) is 2.35. The fourth-order valence-corrected chi connectivity index (χ4v) is 1.58. The van der Waals surface area contributed by atoms with E-state index in [-0.39, 0.29) is 0 Å². The van der Waals surface area contributed by atoms with Gasteiger partial charge in [-0.15, -0.1) is 0 Å². The van der Waals surface area contributed by atoms with Crippen molar-refractivity contribution in [3.05, 3.63) is 35.5 Å². The van der Waals surface area contributed by atoms with E-state index in [0.717, 1.165) is 17.2 Å². The summed E-state index contributed by atoms with van der Waals surface area (Å²) in [7, 11) is 1.27. The van der Waals surface area contributed by atoms with Crippen LogP contribution in [0.25, 0.3) is 10.9 Å². The second-order valence-electron chi connectivity index (χ2n) is 3.33. The molecule has 2 rings (SSSR count). The first kappa shape index (κ1) is 11.0. The second-order valence-corrected chi connectivity index (χ2v) is 3.33. The largest absolute Gasteiger partial charge is 0.459 e. The number of H-pyrrole nitrogens is 1. The minimum absolute atomic E-state index is 0.523. The Hall–Kier alpha value is -2.54. The molecule has 0 bridgehead atoms. The molecule has 0 saturated heterocycles. The summed E-state index contributed by atoms with van der Waals surface area (Å²) < 4.78 is 4.43. The third-order valence-corrected chi connectivity index (χ3v) is 2.35. The number of benzene rings is 1. The maximum absolute atomic E-state index is 10.9. The van der Waals surface area contributed by atoms with Crippen molar-refractivity contribution in [3.8, 4) is 11.8 Å². The third kappa shape index (κ3) is 2.04. The maximum atomic E-state index is 10.9. The van der Waals surface area contributed by atoms with E-state index in [1.807, 2.05) is 6.07 Å². The van der Waals surface area contributed by atoms with Gasteiger partial charge in [-0.3, -0.25) is 4.79 Å². The molecule has 0 fully saturated rings. The Kier molecular flexibility index (Phi) is 2.93. The Labute approximate surface area is 97.6 Å². The maximum Gasteiger partial charge on any atom is 0.384 e. The fourth-order valence-electron chi connectivity index (χ4n) is 1.58. The molecule has 1 N–H and O–H groups in total. The molecule has 0 aliphatic carbocycles. The van der Waals surface area contributed by atoms with Gasteiger partial charge in [0.25, 0.3) is 0 Å². The highest BCUT2D eigenvalue weighted by Gasteiger charge is 2.06. The molecule has 4 heteroatoms. The minimum Gasteiger partial charge on any atom is -0.459 e. The average Bonchev–Trinajstić information content (AvgIpc) is 2.79. The molecule has 0 atom stereocenters. The summed E-state index contributed by atoms with van der Waals surface area (Å²) in [6.07, 6.45) is 2.36. The number of ether oxygens (including phenoxy) is 1. The van der Waals surface area contributed by atoms with E-state index < -0.39 is 5.97 Å². The van der Waals surface area contributed by atoms with E-state index in [1.165, 1.54) is 7.11 Å². The van der Waals surface area contributed by atoms with Gasteiger partial charge in [0.15, 0.2) is 6.29 Å². The number of aromatic nitrogens is 1. The lowest BCUT2D eigenvalue weighted by atomic mass is 10.1. The lowest BCUT2D eigenvalue weighted by Gasteiger charge is -1.95. The first-order valence-electron chi connectivity index (χ1n) is 4.91. The highest BCUT2D eigenvalue weighted by atomic mass is 16.5. The molecular weight excluding hydrogens is 218 g/mol. The number of esters is 1. The van der Waals surface area contributed by atoms with Gasteiger partial charge in [0.1, 0.15) is 0 Å². The molecule has 1 aromatic carbocycles. The van der Waals surface area contributed by atoms with E-state index >= 15 is 0 Å². The first-order chi connectivity index (χ1) is 8.26. The number of rotatable bonds is 1. The number of carbonyl (C=O) groups is 2. The van der Waals surface area contributed by atoms with Crippen molar-refractivity contribution >= 4 is 23.2 Å². The Balaban J connectivity index is 2.59. The summed E-state index contributed by atoms with van der Waals surface area (Å²) in [6.45, 7) is 0. The van der Waals surface area contributed by atoms with Gasteiger partial charge in [0.2, 0.25) is 0 Å². The summed E-state index contributed by atoms with van der Waals surface area (Å²) in [6, 6.07) is 5.39. The van der Waals surface area contributed by atoms with Crippen LogP contribution in [0, 0.1) is 11.8 Å². The van der Waals surface area contributed by atoms with Gasteiger partial charge in [-0.05, 0) is 12.1 Å². The molecule has 1 aromatic heterocycles. The van der Waals surface area contributed by atoms with Crippen molar-refractivity contribution in [3.63, 3.8) is 0 Å². The van der Waals surface area contributed by atoms with Gasteiger partial charge in [-0.1, -0.05) is 12.0 Å². The predicted octanol–water partition coefficient (Wildman–Crippen LogP) is 1.50. The van der Waals surface area contributed by atoms with Gasteiger partial charge in [-0.25, -0.2) is 4.79 Å². The average molecular weight is 227 g/mol. The Bertz CT molecular complexity index is 643. The van der Waals surface area contributed by atoms with Crippen molar-refractivity contribution in [1.29, 1.82) is 0 Å². The quantitative estimate of drug-likeness (QED) is 0.456. The molecule has 4 nitrogen and oxygen atoms in total. The molecule has 2 aromatic rings. The van der Waals surface area contributed by atoms with Crippen molar-refractivity contribution in [2.45, 2.75) is 0 Å². The van der Waals surface area contributed by atoms with Gasteiger partial charge >= 0.3 is 5.97 Å². The van der Waals surface area contributed by atoms with Crippen molar-refractivity contribution in [1.82, 2.24) is 4.98 Å². The van der Waals surface area contributed by atoms with Gasteiger partial charge in [0.05, 0.1) is 7.11 Å².